The Labute approximate surface area is 121 Å². The van der Waals surface area contributed by atoms with E-state index in [0.717, 1.165) is 34.1 Å². The molecule has 102 valence electrons. The predicted molar refractivity (Wildman–Crippen MR) is 81.3 cm³/mol. The third-order valence-electron chi connectivity index (χ3n) is 3.03. The number of fused-ring (bicyclic) bond motifs is 1. The molecular formula is C15H15N3OS. The second-order valence-electron chi connectivity index (χ2n) is 4.38. The summed E-state index contributed by atoms with van der Waals surface area (Å²) in [6.07, 6.45) is 4.53. The molecule has 0 atom stereocenters. The molecule has 0 aliphatic rings. The number of nitrogens with one attached hydrogen (secondary N) is 1. The lowest BCUT2D eigenvalue weighted by molar-refractivity contribution is 0.414. The molecule has 4 nitrogen and oxygen atoms in total. The Hall–Kier alpha value is -2.01. The third kappa shape index (κ3) is 2.93. The Morgan fingerprint density at radius 1 is 1.30 bits per heavy atom. The van der Waals surface area contributed by atoms with Crippen LogP contribution in [0.3, 0.4) is 0 Å². The Kier molecular flexibility index (Phi) is 3.87. The number of ether oxygens (including phenoxy) is 1. The first-order valence-corrected chi connectivity index (χ1v) is 7.39. The van der Waals surface area contributed by atoms with E-state index in [-0.39, 0.29) is 0 Å². The van der Waals surface area contributed by atoms with Crippen LogP contribution in [0.4, 0.5) is 0 Å². The number of benzene rings is 1. The highest BCUT2D eigenvalue weighted by molar-refractivity contribution is 7.99. The maximum atomic E-state index is 5.23. The zero-order valence-electron chi connectivity index (χ0n) is 11.2. The molecular weight excluding hydrogens is 270 g/mol. The predicted octanol–water partition coefficient (Wildman–Crippen LogP) is 3.30. The van der Waals surface area contributed by atoms with E-state index in [2.05, 4.69) is 27.1 Å². The number of aryl methyl sites for hydroxylation is 1. The maximum Gasteiger partial charge on any atom is 0.166 e. The number of rotatable bonds is 5. The molecule has 5 heteroatoms. The molecule has 1 N–H and O–H groups in total. The van der Waals surface area contributed by atoms with Gasteiger partial charge in [0.05, 0.1) is 18.8 Å². The Bertz CT molecular complexity index is 678. The smallest absolute Gasteiger partial charge is 0.166 e. The highest BCUT2D eigenvalue weighted by Crippen LogP contribution is 2.20. The summed E-state index contributed by atoms with van der Waals surface area (Å²) in [6, 6.07) is 10.1. The summed E-state index contributed by atoms with van der Waals surface area (Å²) in [7, 11) is 1.69. The number of hydrogen-bond acceptors (Lipinski definition) is 4. The first-order chi connectivity index (χ1) is 9.85. The summed E-state index contributed by atoms with van der Waals surface area (Å²) in [6.45, 7) is 0. The average Bonchev–Trinajstić information content (AvgIpc) is 2.90. The number of aromatic amines is 1. The molecule has 0 aliphatic heterocycles. The van der Waals surface area contributed by atoms with Gasteiger partial charge in [0, 0.05) is 11.9 Å². The van der Waals surface area contributed by atoms with E-state index in [9.17, 15) is 0 Å². The normalized spacial score (nSPS) is 10.8. The quantitative estimate of drug-likeness (QED) is 0.731. The molecule has 2 heterocycles. The lowest BCUT2D eigenvalue weighted by Crippen LogP contribution is -1.90. The van der Waals surface area contributed by atoms with E-state index in [4.69, 9.17) is 4.74 Å². The summed E-state index contributed by atoms with van der Waals surface area (Å²) in [4.78, 5) is 11.9. The number of H-pyrrole nitrogens is 1. The largest absolute Gasteiger partial charge is 0.497 e. The van der Waals surface area contributed by atoms with Crippen molar-refractivity contribution in [2.24, 2.45) is 0 Å². The van der Waals surface area contributed by atoms with E-state index in [0.29, 0.717) is 0 Å². The van der Waals surface area contributed by atoms with Crippen LogP contribution in [-0.2, 0) is 6.42 Å². The number of hydrogen-bond donors (Lipinski definition) is 1. The van der Waals surface area contributed by atoms with Crippen molar-refractivity contribution in [1.29, 1.82) is 0 Å². The lowest BCUT2D eigenvalue weighted by Gasteiger charge is -2.03. The van der Waals surface area contributed by atoms with Gasteiger partial charge in [-0.25, -0.2) is 4.98 Å². The number of aromatic nitrogens is 3. The first kappa shape index (κ1) is 13.0. The second kappa shape index (κ2) is 5.96. The number of methoxy groups -OCH3 is 1. The van der Waals surface area contributed by atoms with E-state index >= 15 is 0 Å². The van der Waals surface area contributed by atoms with E-state index in [1.807, 2.05) is 18.2 Å². The van der Waals surface area contributed by atoms with Crippen molar-refractivity contribution < 1.29 is 4.74 Å². The van der Waals surface area contributed by atoms with Gasteiger partial charge in [-0.05, 0) is 30.2 Å². The topological polar surface area (TPSA) is 50.8 Å². The molecule has 0 saturated heterocycles. The summed E-state index contributed by atoms with van der Waals surface area (Å²) in [5, 5.41) is 0.941. The zero-order chi connectivity index (χ0) is 13.8. The van der Waals surface area contributed by atoms with Gasteiger partial charge in [0.15, 0.2) is 5.16 Å². The van der Waals surface area contributed by atoms with Gasteiger partial charge in [-0.3, -0.25) is 4.98 Å². The van der Waals surface area contributed by atoms with Crippen LogP contribution in [0, 0.1) is 0 Å². The zero-order valence-corrected chi connectivity index (χ0v) is 12.0. The van der Waals surface area contributed by atoms with Crippen molar-refractivity contribution in [2.45, 2.75) is 11.6 Å². The van der Waals surface area contributed by atoms with Gasteiger partial charge in [0.1, 0.15) is 11.3 Å². The van der Waals surface area contributed by atoms with Crippen LogP contribution < -0.4 is 4.74 Å². The molecule has 0 unspecified atom stereocenters. The summed E-state index contributed by atoms with van der Waals surface area (Å²) in [5.41, 5.74) is 3.22. The Balaban J connectivity index is 1.61. The van der Waals surface area contributed by atoms with Crippen LogP contribution in [-0.4, -0.2) is 27.8 Å². The fourth-order valence-corrected chi connectivity index (χ4v) is 2.87. The molecule has 0 saturated carbocycles. The standard InChI is InChI=1S/C15H15N3OS/c1-19-12-4-2-3-11(9-12)6-8-20-15-17-13-5-7-16-10-14(13)18-15/h2-5,7,9-10H,6,8H2,1H3,(H,17,18). The molecule has 0 bridgehead atoms. The number of nitrogens with zero attached hydrogens (tertiary/aromatic N) is 2. The van der Waals surface area contributed by atoms with Gasteiger partial charge in [-0.15, -0.1) is 0 Å². The third-order valence-corrected chi connectivity index (χ3v) is 3.90. The average molecular weight is 285 g/mol. The molecule has 0 radical (unpaired) electrons. The fourth-order valence-electron chi connectivity index (χ4n) is 2.00. The first-order valence-electron chi connectivity index (χ1n) is 6.40. The Morgan fingerprint density at radius 3 is 3.10 bits per heavy atom. The van der Waals surface area contributed by atoms with Crippen molar-refractivity contribution >= 4 is 22.8 Å². The molecule has 2 aromatic heterocycles. The van der Waals surface area contributed by atoms with Crippen LogP contribution in [0.5, 0.6) is 5.75 Å². The molecule has 0 fully saturated rings. The van der Waals surface area contributed by atoms with Crippen LogP contribution in [0.2, 0.25) is 0 Å². The molecule has 0 aliphatic carbocycles. The molecule has 20 heavy (non-hydrogen) atoms. The van der Waals surface area contributed by atoms with Crippen LogP contribution >= 0.6 is 11.8 Å². The minimum Gasteiger partial charge on any atom is -0.497 e. The minimum atomic E-state index is 0.905. The maximum absolute atomic E-state index is 5.23. The van der Waals surface area contributed by atoms with E-state index in [1.165, 1.54) is 5.56 Å². The van der Waals surface area contributed by atoms with Crippen LogP contribution in [0.1, 0.15) is 5.56 Å². The van der Waals surface area contributed by atoms with Gasteiger partial charge < -0.3 is 9.72 Å². The van der Waals surface area contributed by atoms with Crippen molar-refractivity contribution in [2.75, 3.05) is 12.9 Å². The van der Waals surface area contributed by atoms with Crippen molar-refractivity contribution in [3.05, 3.63) is 48.3 Å². The monoisotopic (exact) mass is 285 g/mol. The number of thioether (sulfide) groups is 1. The molecule has 3 aromatic rings. The fraction of sp³-hybridized carbons (Fsp3) is 0.200. The van der Waals surface area contributed by atoms with Gasteiger partial charge in [0.25, 0.3) is 0 Å². The summed E-state index contributed by atoms with van der Waals surface area (Å²) < 4.78 is 5.23. The number of pyridine rings is 1. The van der Waals surface area contributed by atoms with E-state index < -0.39 is 0 Å². The summed E-state index contributed by atoms with van der Waals surface area (Å²) >= 11 is 1.72. The molecule has 1 aromatic carbocycles. The summed E-state index contributed by atoms with van der Waals surface area (Å²) in [5.74, 6) is 1.88. The lowest BCUT2D eigenvalue weighted by atomic mass is 10.2. The molecule has 0 spiro atoms. The SMILES string of the molecule is COc1cccc(CCSc2nc3cnccc3[nH]2)c1. The number of imidazole rings is 1. The second-order valence-corrected chi connectivity index (χ2v) is 5.47. The van der Waals surface area contributed by atoms with Crippen LogP contribution in [0.15, 0.2) is 47.9 Å². The highest BCUT2D eigenvalue weighted by atomic mass is 32.2. The van der Waals surface area contributed by atoms with Crippen molar-refractivity contribution in [3.63, 3.8) is 0 Å². The van der Waals surface area contributed by atoms with Gasteiger partial charge in [-0.1, -0.05) is 23.9 Å². The minimum absolute atomic E-state index is 0.905. The van der Waals surface area contributed by atoms with E-state index in [1.54, 1.807) is 31.3 Å². The Morgan fingerprint density at radius 2 is 2.25 bits per heavy atom. The highest BCUT2D eigenvalue weighted by Gasteiger charge is 2.03. The van der Waals surface area contributed by atoms with Crippen molar-refractivity contribution in [1.82, 2.24) is 15.0 Å². The van der Waals surface area contributed by atoms with Gasteiger partial charge in [0.2, 0.25) is 0 Å². The molecule has 0 amide bonds. The van der Waals surface area contributed by atoms with Crippen LogP contribution in [0.25, 0.3) is 11.0 Å². The van der Waals surface area contributed by atoms with Gasteiger partial charge >= 0.3 is 0 Å². The molecule has 3 rings (SSSR count). The van der Waals surface area contributed by atoms with Gasteiger partial charge in [-0.2, -0.15) is 0 Å². The van der Waals surface area contributed by atoms with Crippen molar-refractivity contribution in [3.8, 4) is 5.75 Å².